The molecule has 4 heterocycles. The van der Waals surface area contributed by atoms with Gasteiger partial charge in [0.1, 0.15) is 17.1 Å². The van der Waals surface area contributed by atoms with Crippen molar-refractivity contribution in [1.29, 1.82) is 0 Å². The van der Waals surface area contributed by atoms with Gasteiger partial charge in [-0.2, -0.15) is 4.98 Å². The van der Waals surface area contributed by atoms with Gasteiger partial charge in [-0.1, -0.05) is 0 Å². The van der Waals surface area contributed by atoms with Crippen molar-refractivity contribution in [3.63, 3.8) is 0 Å². The topological polar surface area (TPSA) is 130 Å². The fourth-order valence-corrected chi connectivity index (χ4v) is 3.22. The largest absolute Gasteiger partial charge is 0.507 e. The summed E-state index contributed by atoms with van der Waals surface area (Å²) >= 11 is 0. The minimum Gasteiger partial charge on any atom is -0.507 e. The van der Waals surface area contributed by atoms with Crippen LogP contribution >= 0.6 is 0 Å². The molecule has 9 nitrogen and oxygen atoms in total. The van der Waals surface area contributed by atoms with E-state index >= 15 is 0 Å². The summed E-state index contributed by atoms with van der Waals surface area (Å²) in [6, 6.07) is 2.79. The van der Waals surface area contributed by atoms with Crippen LogP contribution in [0.3, 0.4) is 0 Å². The number of aromatic amines is 1. The summed E-state index contributed by atoms with van der Waals surface area (Å²) in [6.45, 7) is 2.81. The van der Waals surface area contributed by atoms with Crippen LogP contribution in [0.15, 0.2) is 32.3 Å². The molecule has 9 heteroatoms. The number of nitrogens with zero attached hydrogens (tertiary/aromatic N) is 2. The van der Waals surface area contributed by atoms with Gasteiger partial charge in [-0.05, 0) is 25.8 Å². The van der Waals surface area contributed by atoms with Gasteiger partial charge >= 0.3 is 5.63 Å². The third-order valence-corrected chi connectivity index (χ3v) is 4.45. The second-order valence-corrected chi connectivity index (χ2v) is 6.39. The van der Waals surface area contributed by atoms with E-state index in [1.165, 1.54) is 18.3 Å². The highest BCUT2D eigenvalue weighted by Crippen LogP contribution is 2.29. The van der Waals surface area contributed by atoms with Gasteiger partial charge in [-0.25, -0.2) is 9.78 Å². The molecule has 1 fully saturated rings. The maximum atomic E-state index is 12.7. The van der Waals surface area contributed by atoms with Crippen LogP contribution < -0.4 is 16.5 Å². The Balaban J connectivity index is 1.78. The van der Waals surface area contributed by atoms with Crippen molar-refractivity contribution in [3.05, 3.63) is 44.9 Å². The highest BCUT2D eigenvalue weighted by molar-refractivity contribution is 5.93. The Hall–Kier alpha value is -3.20. The van der Waals surface area contributed by atoms with E-state index in [1.807, 2.05) is 0 Å². The lowest BCUT2D eigenvalue weighted by Gasteiger charge is -2.12. The van der Waals surface area contributed by atoms with Gasteiger partial charge in [0.15, 0.2) is 5.65 Å². The van der Waals surface area contributed by atoms with E-state index in [0.717, 1.165) is 19.4 Å². The first kappa shape index (κ1) is 17.2. The fraction of sp³-hybridized carbons (Fsp3) is 0.333. The van der Waals surface area contributed by atoms with E-state index in [9.17, 15) is 14.7 Å². The number of hydrogen-bond acceptors (Lipinski definition) is 8. The molecule has 3 N–H and O–H groups in total. The maximum absolute atomic E-state index is 12.7. The van der Waals surface area contributed by atoms with Gasteiger partial charge < -0.3 is 19.6 Å². The number of fused-ring (bicyclic) bond motifs is 1. The van der Waals surface area contributed by atoms with Gasteiger partial charge in [0.25, 0.3) is 5.56 Å². The minimum atomic E-state index is -0.736. The number of aromatic hydroxyl groups is 1. The molecule has 0 amide bonds. The highest BCUT2D eigenvalue weighted by Gasteiger charge is 2.19. The molecule has 4 rings (SSSR count). The number of aromatic nitrogens is 3. The smallest absolute Gasteiger partial charge is 0.347 e. The Bertz CT molecular complexity index is 1110. The fourth-order valence-electron chi connectivity index (χ4n) is 3.22. The van der Waals surface area contributed by atoms with E-state index in [4.69, 9.17) is 9.15 Å². The lowest BCUT2D eigenvalue weighted by atomic mass is 10.0. The molecule has 1 aliphatic heterocycles. The number of rotatable bonds is 4. The summed E-state index contributed by atoms with van der Waals surface area (Å²) < 4.78 is 10.6. The van der Waals surface area contributed by atoms with Crippen LogP contribution in [0.4, 0.5) is 5.95 Å². The van der Waals surface area contributed by atoms with Crippen LogP contribution in [0.2, 0.25) is 0 Å². The predicted molar refractivity (Wildman–Crippen MR) is 98.0 cm³/mol. The zero-order valence-electron chi connectivity index (χ0n) is 14.6. The molecule has 1 unspecified atom stereocenters. The SMILES string of the molecule is Cc1cc(O)c(-c2ccnc3nc(NCC4CCCO4)[nH]c(=O)c23)c(=O)o1. The lowest BCUT2D eigenvalue weighted by molar-refractivity contribution is 0.120. The minimum absolute atomic E-state index is 0.0828. The molecule has 3 aromatic heterocycles. The van der Waals surface area contributed by atoms with Crippen LogP contribution in [-0.2, 0) is 4.74 Å². The normalized spacial score (nSPS) is 16.7. The standard InChI is InChI=1S/C18H18N4O5/c1-9-7-12(23)13(17(25)27-9)11-4-5-19-15-14(11)16(24)22-18(21-15)20-8-10-3-2-6-26-10/h4-5,7,10,23H,2-3,6,8H2,1H3,(H2,19,20,21,22,24). The first-order chi connectivity index (χ1) is 13.0. The molecule has 0 aliphatic carbocycles. The van der Waals surface area contributed by atoms with Crippen LogP contribution in [0, 0.1) is 6.92 Å². The van der Waals surface area contributed by atoms with E-state index in [0.29, 0.717) is 6.54 Å². The molecule has 27 heavy (non-hydrogen) atoms. The van der Waals surface area contributed by atoms with Crippen LogP contribution in [0.25, 0.3) is 22.2 Å². The van der Waals surface area contributed by atoms with Gasteiger partial charge in [-0.3, -0.25) is 9.78 Å². The number of anilines is 1. The Morgan fingerprint density at radius 2 is 2.26 bits per heavy atom. The van der Waals surface area contributed by atoms with E-state index in [1.54, 1.807) is 6.92 Å². The third kappa shape index (κ3) is 3.28. The van der Waals surface area contributed by atoms with Crippen molar-refractivity contribution in [3.8, 4) is 16.9 Å². The first-order valence-corrected chi connectivity index (χ1v) is 8.61. The van der Waals surface area contributed by atoms with Crippen molar-refractivity contribution in [2.24, 2.45) is 0 Å². The zero-order valence-corrected chi connectivity index (χ0v) is 14.6. The number of H-pyrrole nitrogens is 1. The second kappa shape index (κ2) is 6.84. The Labute approximate surface area is 153 Å². The van der Waals surface area contributed by atoms with Crippen LogP contribution in [-0.4, -0.2) is 39.3 Å². The summed E-state index contributed by atoms with van der Waals surface area (Å²) in [5, 5.41) is 13.3. The molecule has 1 saturated heterocycles. The van der Waals surface area contributed by atoms with Gasteiger partial charge in [0, 0.05) is 31.0 Å². The van der Waals surface area contributed by atoms with Crippen molar-refractivity contribution < 1.29 is 14.3 Å². The van der Waals surface area contributed by atoms with Gasteiger partial charge in [-0.15, -0.1) is 0 Å². The van der Waals surface area contributed by atoms with Crippen molar-refractivity contribution in [1.82, 2.24) is 15.0 Å². The summed E-state index contributed by atoms with van der Waals surface area (Å²) in [6.07, 6.45) is 3.48. The molecule has 0 bridgehead atoms. The predicted octanol–water partition coefficient (Wildman–Crippen LogP) is 1.54. The number of hydrogen-bond donors (Lipinski definition) is 3. The lowest BCUT2D eigenvalue weighted by Crippen LogP contribution is -2.22. The quantitative estimate of drug-likeness (QED) is 0.630. The summed E-state index contributed by atoms with van der Waals surface area (Å²) in [5.74, 6) is 0.274. The van der Waals surface area contributed by atoms with E-state index in [2.05, 4.69) is 20.3 Å². The monoisotopic (exact) mass is 370 g/mol. The number of ether oxygens (including phenoxy) is 1. The zero-order chi connectivity index (χ0) is 19.0. The van der Waals surface area contributed by atoms with Crippen molar-refractivity contribution >= 4 is 17.0 Å². The molecule has 0 saturated carbocycles. The molecule has 140 valence electrons. The van der Waals surface area contributed by atoms with Gasteiger partial charge in [0.2, 0.25) is 5.95 Å². The van der Waals surface area contributed by atoms with Crippen LogP contribution in [0.1, 0.15) is 18.6 Å². The number of aryl methyl sites for hydroxylation is 1. The molecule has 0 spiro atoms. The van der Waals surface area contributed by atoms with Gasteiger partial charge in [0.05, 0.1) is 11.5 Å². The Morgan fingerprint density at radius 1 is 1.41 bits per heavy atom. The molecular weight excluding hydrogens is 352 g/mol. The third-order valence-electron chi connectivity index (χ3n) is 4.45. The number of pyridine rings is 1. The molecule has 1 aliphatic rings. The average molecular weight is 370 g/mol. The van der Waals surface area contributed by atoms with Crippen molar-refractivity contribution in [2.45, 2.75) is 25.9 Å². The molecule has 0 radical (unpaired) electrons. The highest BCUT2D eigenvalue weighted by atomic mass is 16.5. The van der Waals surface area contributed by atoms with Crippen molar-refractivity contribution in [2.75, 3.05) is 18.5 Å². The Morgan fingerprint density at radius 3 is 3.00 bits per heavy atom. The first-order valence-electron chi connectivity index (χ1n) is 8.61. The summed E-state index contributed by atoms with van der Waals surface area (Å²) in [7, 11) is 0. The van der Waals surface area contributed by atoms with E-state index in [-0.39, 0.29) is 45.7 Å². The average Bonchev–Trinajstić information content (AvgIpc) is 3.12. The second-order valence-electron chi connectivity index (χ2n) is 6.39. The van der Waals surface area contributed by atoms with E-state index < -0.39 is 11.2 Å². The molecule has 3 aromatic rings. The Kier molecular flexibility index (Phi) is 4.36. The van der Waals surface area contributed by atoms with Crippen LogP contribution in [0.5, 0.6) is 5.75 Å². The maximum Gasteiger partial charge on any atom is 0.347 e. The molecule has 0 aromatic carbocycles. The summed E-state index contributed by atoms with van der Waals surface area (Å²) in [5.41, 5.74) is -0.936. The molecule has 1 atom stereocenters. The summed E-state index contributed by atoms with van der Waals surface area (Å²) in [4.78, 5) is 36.0. The molecular formula is C18H18N4O5. The number of nitrogens with one attached hydrogen (secondary N) is 2.